The summed E-state index contributed by atoms with van der Waals surface area (Å²) in [7, 11) is 0. The van der Waals surface area contributed by atoms with Crippen LogP contribution in [0.4, 0.5) is 0 Å². The molecule has 82 valence electrons. The molecule has 1 saturated heterocycles. The second kappa shape index (κ2) is 4.93. The van der Waals surface area contributed by atoms with Crippen molar-refractivity contribution in [2.75, 3.05) is 6.61 Å². The Balaban J connectivity index is 2.35. The molecule has 0 aromatic carbocycles. The van der Waals surface area contributed by atoms with Crippen molar-refractivity contribution in [3.05, 3.63) is 20.2 Å². The van der Waals surface area contributed by atoms with E-state index in [2.05, 4.69) is 39.5 Å². The van der Waals surface area contributed by atoms with Crippen LogP contribution in [0, 0.1) is 3.57 Å². The van der Waals surface area contributed by atoms with Gasteiger partial charge in [-0.05, 0) is 41.9 Å². The van der Waals surface area contributed by atoms with Crippen molar-refractivity contribution >= 4 is 34.2 Å². The number of hydrogen-bond acceptors (Lipinski definition) is 3. The molecular formula is C10H12ClIN2O. The minimum absolute atomic E-state index is 0.0461. The molecule has 2 heterocycles. The predicted molar refractivity (Wildman–Crippen MR) is 67.1 cm³/mol. The van der Waals surface area contributed by atoms with Crippen LogP contribution in [-0.4, -0.2) is 16.6 Å². The zero-order valence-electron chi connectivity index (χ0n) is 8.46. The van der Waals surface area contributed by atoms with Gasteiger partial charge in [-0.1, -0.05) is 18.5 Å². The van der Waals surface area contributed by atoms with Gasteiger partial charge in [0.2, 0.25) is 0 Å². The van der Waals surface area contributed by atoms with Gasteiger partial charge in [0.05, 0.1) is 9.26 Å². The van der Waals surface area contributed by atoms with E-state index in [1.807, 2.05) is 0 Å². The fraction of sp³-hybridized carbons (Fsp3) is 0.600. The minimum atomic E-state index is 0.0461. The summed E-state index contributed by atoms with van der Waals surface area (Å²) in [5, 5.41) is 0.549. The van der Waals surface area contributed by atoms with Crippen LogP contribution in [0.1, 0.15) is 37.4 Å². The van der Waals surface area contributed by atoms with Gasteiger partial charge in [0.15, 0.2) is 5.82 Å². The fourth-order valence-corrected chi connectivity index (χ4v) is 2.46. The van der Waals surface area contributed by atoms with Crippen LogP contribution in [-0.2, 0) is 11.2 Å². The van der Waals surface area contributed by atoms with E-state index in [-0.39, 0.29) is 6.10 Å². The van der Waals surface area contributed by atoms with Crippen molar-refractivity contribution in [2.24, 2.45) is 0 Å². The second-order valence-corrected chi connectivity index (χ2v) is 4.93. The number of aryl methyl sites for hydroxylation is 1. The summed E-state index contributed by atoms with van der Waals surface area (Å²) in [6.07, 6.45) is 3.00. The first kappa shape index (κ1) is 11.5. The largest absolute Gasteiger partial charge is 0.370 e. The highest BCUT2D eigenvalue weighted by Crippen LogP contribution is 2.29. The van der Waals surface area contributed by atoms with Crippen molar-refractivity contribution in [1.29, 1.82) is 0 Å². The SMILES string of the molecule is CCc1nc(C2CCCO2)nc(Cl)c1I. The third-order valence-electron chi connectivity index (χ3n) is 2.45. The van der Waals surface area contributed by atoms with Gasteiger partial charge in [0.1, 0.15) is 11.3 Å². The molecule has 1 atom stereocenters. The van der Waals surface area contributed by atoms with E-state index >= 15 is 0 Å². The van der Waals surface area contributed by atoms with Crippen molar-refractivity contribution in [3.8, 4) is 0 Å². The Bertz CT molecular complexity index is 367. The molecule has 0 bridgehead atoms. The lowest BCUT2D eigenvalue weighted by Gasteiger charge is -2.11. The van der Waals surface area contributed by atoms with Crippen LogP contribution in [0.2, 0.25) is 5.15 Å². The number of nitrogens with zero attached hydrogens (tertiary/aromatic N) is 2. The van der Waals surface area contributed by atoms with Gasteiger partial charge in [-0.3, -0.25) is 0 Å². The van der Waals surface area contributed by atoms with E-state index in [1.165, 1.54) is 0 Å². The number of hydrogen-bond donors (Lipinski definition) is 0. The van der Waals surface area contributed by atoms with Gasteiger partial charge in [-0.2, -0.15) is 0 Å². The van der Waals surface area contributed by atoms with E-state index in [1.54, 1.807) is 0 Å². The maximum absolute atomic E-state index is 6.06. The average molecular weight is 339 g/mol. The Morgan fingerprint density at radius 1 is 1.53 bits per heavy atom. The number of ether oxygens (including phenoxy) is 1. The number of aromatic nitrogens is 2. The van der Waals surface area contributed by atoms with Gasteiger partial charge < -0.3 is 4.74 Å². The molecule has 1 aliphatic rings. The van der Waals surface area contributed by atoms with Crippen molar-refractivity contribution in [1.82, 2.24) is 9.97 Å². The topological polar surface area (TPSA) is 35.0 Å². The quantitative estimate of drug-likeness (QED) is 0.614. The van der Waals surface area contributed by atoms with E-state index in [0.29, 0.717) is 5.15 Å². The highest BCUT2D eigenvalue weighted by molar-refractivity contribution is 14.1. The first-order chi connectivity index (χ1) is 7.22. The maximum atomic E-state index is 6.06. The van der Waals surface area contributed by atoms with Crippen molar-refractivity contribution < 1.29 is 4.74 Å². The summed E-state index contributed by atoms with van der Waals surface area (Å²) in [5.41, 5.74) is 1.01. The highest BCUT2D eigenvalue weighted by Gasteiger charge is 2.22. The maximum Gasteiger partial charge on any atom is 0.159 e. The predicted octanol–water partition coefficient (Wildman–Crippen LogP) is 3.15. The molecule has 1 unspecified atom stereocenters. The van der Waals surface area contributed by atoms with Crippen LogP contribution >= 0.6 is 34.2 Å². The first-order valence-electron chi connectivity index (χ1n) is 5.05. The summed E-state index contributed by atoms with van der Waals surface area (Å²) in [4.78, 5) is 8.79. The molecule has 0 saturated carbocycles. The lowest BCUT2D eigenvalue weighted by Crippen LogP contribution is -2.07. The molecule has 0 aliphatic carbocycles. The Morgan fingerprint density at radius 2 is 2.33 bits per heavy atom. The first-order valence-corrected chi connectivity index (χ1v) is 6.51. The standard InChI is InChI=1S/C10H12ClIN2O/c1-2-6-8(12)9(11)14-10(13-6)7-4-3-5-15-7/h7H,2-5H2,1H3. The molecule has 2 rings (SSSR count). The van der Waals surface area contributed by atoms with Gasteiger partial charge in [-0.15, -0.1) is 0 Å². The smallest absolute Gasteiger partial charge is 0.159 e. The zero-order chi connectivity index (χ0) is 10.8. The van der Waals surface area contributed by atoms with Crippen LogP contribution in [0.5, 0.6) is 0 Å². The Kier molecular flexibility index (Phi) is 3.79. The normalized spacial score (nSPS) is 20.9. The van der Waals surface area contributed by atoms with Gasteiger partial charge in [-0.25, -0.2) is 9.97 Å². The molecule has 1 aliphatic heterocycles. The van der Waals surface area contributed by atoms with E-state index in [9.17, 15) is 0 Å². The molecule has 1 aromatic heterocycles. The summed E-state index contributed by atoms with van der Waals surface area (Å²) >= 11 is 8.25. The molecule has 15 heavy (non-hydrogen) atoms. The molecule has 5 heteroatoms. The number of halogens is 2. The highest BCUT2D eigenvalue weighted by atomic mass is 127. The lowest BCUT2D eigenvalue weighted by molar-refractivity contribution is 0.105. The molecule has 0 amide bonds. The number of rotatable bonds is 2. The van der Waals surface area contributed by atoms with Crippen LogP contribution < -0.4 is 0 Å². The third kappa shape index (κ3) is 2.42. The lowest BCUT2D eigenvalue weighted by atomic mass is 10.2. The summed E-state index contributed by atoms with van der Waals surface area (Å²) in [5.74, 6) is 0.745. The third-order valence-corrected chi connectivity index (χ3v) is 4.18. The van der Waals surface area contributed by atoms with Gasteiger partial charge in [0, 0.05) is 6.61 Å². The van der Waals surface area contributed by atoms with E-state index < -0.39 is 0 Å². The Labute approximate surface area is 108 Å². The van der Waals surface area contributed by atoms with Crippen LogP contribution in [0.3, 0.4) is 0 Å². The molecule has 0 radical (unpaired) electrons. The molecule has 1 fully saturated rings. The van der Waals surface area contributed by atoms with Crippen molar-refractivity contribution in [3.63, 3.8) is 0 Å². The minimum Gasteiger partial charge on any atom is -0.370 e. The summed E-state index contributed by atoms with van der Waals surface area (Å²) < 4.78 is 6.50. The monoisotopic (exact) mass is 338 g/mol. The van der Waals surface area contributed by atoms with Gasteiger partial charge in [0.25, 0.3) is 0 Å². The second-order valence-electron chi connectivity index (χ2n) is 3.49. The van der Waals surface area contributed by atoms with E-state index in [4.69, 9.17) is 16.3 Å². The fourth-order valence-electron chi connectivity index (χ4n) is 1.64. The van der Waals surface area contributed by atoms with Gasteiger partial charge >= 0.3 is 0 Å². The van der Waals surface area contributed by atoms with Crippen molar-refractivity contribution in [2.45, 2.75) is 32.3 Å². The summed E-state index contributed by atoms with van der Waals surface area (Å²) in [6.45, 7) is 2.87. The molecular weight excluding hydrogens is 326 g/mol. The van der Waals surface area contributed by atoms with E-state index in [0.717, 1.165) is 41.0 Å². The Morgan fingerprint density at radius 3 is 2.93 bits per heavy atom. The Hall–Kier alpha value is 0.0600. The molecule has 0 N–H and O–H groups in total. The molecule has 1 aromatic rings. The summed E-state index contributed by atoms with van der Waals surface area (Å²) in [6, 6.07) is 0. The molecule has 0 spiro atoms. The van der Waals surface area contributed by atoms with Crippen LogP contribution in [0.25, 0.3) is 0 Å². The molecule has 3 nitrogen and oxygen atoms in total. The zero-order valence-corrected chi connectivity index (χ0v) is 11.4. The average Bonchev–Trinajstić information content (AvgIpc) is 2.75. The van der Waals surface area contributed by atoms with Crippen LogP contribution in [0.15, 0.2) is 0 Å².